The normalized spacial score (nSPS) is 28.4. The first-order chi connectivity index (χ1) is 13.3. The Labute approximate surface area is 172 Å². The first kappa shape index (κ1) is 19.9. The van der Waals surface area contributed by atoms with Crippen molar-refractivity contribution in [2.75, 3.05) is 31.6 Å². The van der Waals surface area contributed by atoms with Gasteiger partial charge in [-0.1, -0.05) is 32.4 Å². The Bertz CT molecular complexity index is 716. The summed E-state index contributed by atoms with van der Waals surface area (Å²) in [4.78, 5) is 14.9. The van der Waals surface area contributed by atoms with Gasteiger partial charge < -0.3 is 15.0 Å². The number of amides is 1. The fraction of sp³-hybridized carbons (Fsp3) is 0.762. The van der Waals surface area contributed by atoms with E-state index in [0.29, 0.717) is 28.9 Å². The summed E-state index contributed by atoms with van der Waals surface area (Å²) in [5.41, 5.74) is 1.05. The molecule has 28 heavy (non-hydrogen) atoms. The largest absolute Gasteiger partial charge is 0.381 e. The van der Waals surface area contributed by atoms with E-state index in [9.17, 15) is 4.79 Å². The van der Waals surface area contributed by atoms with E-state index >= 15 is 0 Å². The van der Waals surface area contributed by atoms with Gasteiger partial charge in [-0.15, -0.1) is 10.2 Å². The minimum absolute atomic E-state index is 0.0523. The molecule has 6 nitrogen and oxygen atoms in total. The van der Waals surface area contributed by atoms with Crippen LogP contribution in [0.4, 0.5) is 5.82 Å². The van der Waals surface area contributed by atoms with Crippen LogP contribution >= 0.6 is 11.6 Å². The molecule has 1 saturated carbocycles. The summed E-state index contributed by atoms with van der Waals surface area (Å²) in [5, 5.41) is 12.4. The van der Waals surface area contributed by atoms with Crippen molar-refractivity contribution in [1.82, 2.24) is 15.1 Å². The molecule has 0 bridgehead atoms. The first-order valence-electron chi connectivity index (χ1n) is 10.5. The van der Waals surface area contributed by atoms with Crippen molar-refractivity contribution in [3.8, 4) is 0 Å². The van der Waals surface area contributed by atoms with Crippen LogP contribution in [0.15, 0.2) is 6.07 Å². The minimum atomic E-state index is -0.0523. The highest BCUT2D eigenvalue weighted by Gasteiger charge is 2.43. The summed E-state index contributed by atoms with van der Waals surface area (Å²) in [6.07, 6.45) is 3.91. The van der Waals surface area contributed by atoms with Gasteiger partial charge in [-0.25, -0.2) is 0 Å². The number of ether oxygens (including phenoxy) is 1. The zero-order valence-electron chi connectivity index (χ0n) is 17.1. The second kappa shape index (κ2) is 7.79. The molecule has 3 aliphatic rings. The quantitative estimate of drug-likeness (QED) is 0.832. The second-order valence-electron chi connectivity index (χ2n) is 9.64. The standard InChI is InChI=1S/C21H31ClN4O2/c1-21(2,3)17-10-18(22)24-25-19(17)23-16-8-14-11-26(12-15(14)9-16)20(27)13-4-6-28-7-5-13/h10,13-16H,4-9,11-12H2,1-3H3,(H,23,25)/t14-,15+,16?. The van der Waals surface area contributed by atoms with Crippen molar-refractivity contribution in [1.29, 1.82) is 0 Å². The van der Waals surface area contributed by atoms with Crippen LogP contribution < -0.4 is 5.32 Å². The Morgan fingerprint density at radius 2 is 1.82 bits per heavy atom. The van der Waals surface area contributed by atoms with Gasteiger partial charge in [-0.2, -0.15) is 0 Å². The lowest BCUT2D eigenvalue weighted by Crippen LogP contribution is -2.38. The molecule has 1 N–H and O–H groups in total. The number of aromatic nitrogens is 2. The molecule has 3 heterocycles. The number of rotatable bonds is 3. The molecule has 1 aromatic heterocycles. The minimum Gasteiger partial charge on any atom is -0.381 e. The number of hydrogen-bond donors (Lipinski definition) is 1. The number of carbonyl (C=O) groups excluding carboxylic acids is 1. The van der Waals surface area contributed by atoms with Crippen LogP contribution in [0.25, 0.3) is 0 Å². The number of fused-ring (bicyclic) bond motifs is 1. The van der Waals surface area contributed by atoms with Crippen LogP contribution in [0, 0.1) is 17.8 Å². The molecule has 2 saturated heterocycles. The molecule has 3 atom stereocenters. The van der Waals surface area contributed by atoms with Crippen LogP contribution in [0.3, 0.4) is 0 Å². The van der Waals surface area contributed by atoms with Gasteiger partial charge in [-0.3, -0.25) is 4.79 Å². The predicted octanol–water partition coefficient (Wildman–Crippen LogP) is 3.50. The summed E-state index contributed by atoms with van der Waals surface area (Å²) in [5.74, 6) is 2.53. The van der Waals surface area contributed by atoms with E-state index in [1.54, 1.807) is 0 Å². The number of hydrogen-bond acceptors (Lipinski definition) is 5. The average molecular weight is 407 g/mol. The lowest BCUT2D eigenvalue weighted by molar-refractivity contribution is -0.137. The molecule has 3 fully saturated rings. The van der Waals surface area contributed by atoms with Gasteiger partial charge in [-0.05, 0) is 49.0 Å². The molecule has 0 radical (unpaired) electrons. The van der Waals surface area contributed by atoms with Crippen molar-refractivity contribution < 1.29 is 9.53 Å². The van der Waals surface area contributed by atoms with E-state index in [1.807, 2.05) is 6.07 Å². The van der Waals surface area contributed by atoms with Gasteiger partial charge in [0.15, 0.2) is 11.0 Å². The van der Waals surface area contributed by atoms with Gasteiger partial charge in [0.25, 0.3) is 0 Å². The van der Waals surface area contributed by atoms with Crippen LogP contribution in [-0.4, -0.2) is 53.3 Å². The maximum Gasteiger partial charge on any atom is 0.225 e. The summed E-state index contributed by atoms with van der Waals surface area (Å²) in [6, 6.07) is 2.30. The van der Waals surface area contributed by atoms with Crippen molar-refractivity contribution >= 4 is 23.3 Å². The monoisotopic (exact) mass is 406 g/mol. The number of nitrogens with zero attached hydrogens (tertiary/aromatic N) is 3. The number of carbonyl (C=O) groups is 1. The van der Waals surface area contributed by atoms with Gasteiger partial charge in [0, 0.05) is 43.8 Å². The summed E-state index contributed by atoms with van der Waals surface area (Å²) < 4.78 is 5.40. The first-order valence-corrected chi connectivity index (χ1v) is 10.9. The highest BCUT2D eigenvalue weighted by Crippen LogP contribution is 2.41. The van der Waals surface area contributed by atoms with E-state index in [-0.39, 0.29) is 11.3 Å². The van der Waals surface area contributed by atoms with Gasteiger partial charge >= 0.3 is 0 Å². The molecular formula is C21H31ClN4O2. The van der Waals surface area contributed by atoms with E-state index in [1.165, 1.54) is 0 Å². The molecule has 4 rings (SSSR count). The summed E-state index contributed by atoms with van der Waals surface area (Å²) in [6.45, 7) is 9.73. The Balaban J connectivity index is 1.36. The summed E-state index contributed by atoms with van der Waals surface area (Å²) >= 11 is 6.08. The lowest BCUT2D eigenvalue weighted by atomic mass is 9.87. The molecular weight excluding hydrogens is 376 g/mol. The smallest absolute Gasteiger partial charge is 0.225 e. The third kappa shape index (κ3) is 4.13. The number of anilines is 1. The Kier molecular flexibility index (Phi) is 5.53. The third-order valence-corrected chi connectivity index (χ3v) is 6.73. The zero-order valence-corrected chi connectivity index (χ0v) is 17.8. The Hall–Kier alpha value is -1.40. The van der Waals surface area contributed by atoms with E-state index in [4.69, 9.17) is 16.3 Å². The maximum absolute atomic E-state index is 12.8. The number of nitrogens with one attached hydrogen (secondary N) is 1. The van der Waals surface area contributed by atoms with Gasteiger partial charge in [0.1, 0.15) is 0 Å². The van der Waals surface area contributed by atoms with E-state index in [0.717, 1.165) is 63.4 Å². The molecule has 1 unspecified atom stereocenters. The van der Waals surface area contributed by atoms with Crippen LogP contribution in [0.5, 0.6) is 0 Å². The second-order valence-corrected chi connectivity index (χ2v) is 10.0. The maximum atomic E-state index is 12.8. The molecule has 1 aromatic rings. The van der Waals surface area contributed by atoms with E-state index < -0.39 is 0 Å². The van der Waals surface area contributed by atoms with Gasteiger partial charge in [0.2, 0.25) is 5.91 Å². The topological polar surface area (TPSA) is 67.4 Å². The number of halogens is 1. The Morgan fingerprint density at radius 3 is 2.43 bits per heavy atom. The fourth-order valence-electron chi connectivity index (χ4n) is 5.04. The van der Waals surface area contributed by atoms with E-state index in [2.05, 4.69) is 41.2 Å². The molecule has 154 valence electrons. The number of likely N-dealkylation sites (tertiary alicyclic amines) is 1. The van der Waals surface area contributed by atoms with Crippen LogP contribution in [0.2, 0.25) is 5.15 Å². The molecule has 1 aliphatic carbocycles. The van der Waals surface area contributed by atoms with Gasteiger partial charge in [0.05, 0.1) is 0 Å². The lowest BCUT2D eigenvalue weighted by Gasteiger charge is -2.28. The van der Waals surface area contributed by atoms with Crippen LogP contribution in [0.1, 0.15) is 52.0 Å². The van der Waals surface area contributed by atoms with Crippen molar-refractivity contribution in [2.24, 2.45) is 17.8 Å². The molecule has 0 spiro atoms. The SMILES string of the molecule is CC(C)(C)c1cc(Cl)nnc1NC1C[C@@H]2CN(C(=O)C3CCOCC3)C[C@@H]2C1. The summed E-state index contributed by atoms with van der Waals surface area (Å²) in [7, 11) is 0. The molecule has 1 amide bonds. The van der Waals surface area contributed by atoms with Crippen molar-refractivity contribution in [3.63, 3.8) is 0 Å². The highest BCUT2D eigenvalue weighted by atomic mass is 35.5. The molecule has 0 aromatic carbocycles. The highest BCUT2D eigenvalue weighted by molar-refractivity contribution is 6.29. The molecule has 2 aliphatic heterocycles. The van der Waals surface area contributed by atoms with Crippen molar-refractivity contribution in [3.05, 3.63) is 16.8 Å². The zero-order chi connectivity index (χ0) is 19.9. The third-order valence-electron chi connectivity index (χ3n) is 6.55. The average Bonchev–Trinajstić information content (AvgIpc) is 3.21. The fourth-order valence-corrected chi connectivity index (χ4v) is 5.19. The predicted molar refractivity (Wildman–Crippen MR) is 109 cm³/mol. The van der Waals surface area contributed by atoms with Crippen molar-refractivity contribution in [2.45, 2.75) is 57.9 Å². The van der Waals surface area contributed by atoms with Crippen LogP contribution in [-0.2, 0) is 14.9 Å². The molecule has 7 heteroatoms. The Morgan fingerprint density at radius 1 is 1.18 bits per heavy atom.